The monoisotopic (exact) mass is 263 g/mol. The van der Waals surface area contributed by atoms with Crippen molar-refractivity contribution in [1.82, 2.24) is 35.1 Å². The molecule has 0 aliphatic heterocycles. The first-order chi connectivity index (χ1) is 9.15. The Labute approximate surface area is 110 Å². The van der Waals surface area contributed by atoms with E-state index in [2.05, 4.69) is 39.7 Å². The Morgan fingerprint density at radius 3 is 2.95 bits per heavy atom. The summed E-state index contributed by atoms with van der Waals surface area (Å²) in [6, 6.07) is 0. The molecule has 2 aromatic rings. The standard InChI is InChI=1S/C11H17N7O/c1-9(2)5-17-7-12-3-10(17)4-13-11(19)6-18-8-14-15-16-18/h3,7-9H,4-6H2,1-2H3,(H,13,19). The van der Waals surface area contributed by atoms with Crippen molar-refractivity contribution < 1.29 is 4.79 Å². The fourth-order valence-electron chi connectivity index (χ4n) is 1.70. The molecule has 0 fully saturated rings. The molecular weight excluding hydrogens is 246 g/mol. The van der Waals surface area contributed by atoms with Gasteiger partial charge in [-0.15, -0.1) is 5.10 Å². The molecule has 0 aromatic carbocycles. The number of nitrogens with zero attached hydrogens (tertiary/aromatic N) is 6. The first-order valence-electron chi connectivity index (χ1n) is 6.11. The van der Waals surface area contributed by atoms with Crippen LogP contribution in [0.25, 0.3) is 0 Å². The van der Waals surface area contributed by atoms with E-state index < -0.39 is 0 Å². The van der Waals surface area contributed by atoms with E-state index in [4.69, 9.17) is 0 Å². The number of hydrogen-bond donors (Lipinski definition) is 1. The zero-order chi connectivity index (χ0) is 13.7. The van der Waals surface area contributed by atoms with Crippen LogP contribution in [0.15, 0.2) is 18.9 Å². The molecule has 0 aliphatic rings. The van der Waals surface area contributed by atoms with Crippen LogP contribution in [0, 0.1) is 5.92 Å². The number of nitrogens with one attached hydrogen (secondary N) is 1. The Kier molecular flexibility index (Phi) is 4.22. The third kappa shape index (κ3) is 3.87. The zero-order valence-electron chi connectivity index (χ0n) is 11.0. The van der Waals surface area contributed by atoms with Crippen LogP contribution >= 0.6 is 0 Å². The number of carbonyl (C=O) groups is 1. The smallest absolute Gasteiger partial charge is 0.242 e. The fraction of sp³-hybridized carbons (Fsp3) is 0.545. The summed E-state index contributed by atoms with van der Waals surface area (Å²) in [4.78, 5) is 15.8. The number of aromatic nitrogens is 6. The summed E-state index contributed by atoms with van der Waals surface area (Å²) in [5.41, 5.74) is 0.985. The van der Waals surface area contributed by atoms with Gasteiger partial charge in [0.1, 0.15) is 12.9 Å². The lowest BCUT2D eigenvalue weighted by molar-refractivity contribution is -0.122. The van der Waals surface area contributed by atoms with Crippen molar-refractivity contribution in [2.24, 2.45) is 5.92 Å². The van der Waals surface area contributed by atoms with Gasteiger partial charge in [-0.3, -0.25) is 4.79 Å². The minimum atomic E-state index is -0.135. The van der Waals surface area contributed by atoms with Crippen LogP contribution in [0.2, 0.25) is 0 Å². The molecule has 19 heavy (non-hydrogen) atoms. The van der Waals surface area contributed by atoms with Gasteiger partial charge in [-0.05, 0) is 16.3 Å². The highest BCUT2D eigenvalue weighted by atomic mass is 16.2. The number of rotatable bonds is 6. The van der Waals surface area contributed by atoms with Gasteiger partial charge in [0.25, 0.3) is 0 Å². The number of imidazole rings is 1. The molecule has 0 unspecified atom stereocenters. The Morgan fingerprint density at radius 2 is 2.26 bits per heavy atom. The third-order valence-corrected chi connectivity index (χ3v) is 2.52. The largest absolute Gasteiger partial charge is 0.349 e. The molecule has 0 radical (unpaired) electrons. The summed E-state index contributed by atoms with van der Waals surface area (Å²) in [7, 11) is 0. The zero-order valence-corrected chi connectivity index (χ0v) is 11.0. The predicted octanol–water partition coefficient (Wildman–Crippen LogP) is -0.158. The SMILES string of the molecule is CC(C)Cn1cncc1CNC(=O)Cn1cnnn1. The topological polar surface area (TPSA) is 90.5 Å². The lowest BCUT2D eigenvalue weighted by Gasteiger charge is -2.11. The van der Waals surface area contributed by atoms with Gasteiger partial charge in [0.05, 0.1) is 18.6 Å². The molecular formula is C11H17N7O. The maximum Gasteiger partial charge on any atom is 0.242 e. The number of carbonyl (C=O) groups excluding carboxylic acids is 1. The maximum atomic E-state index is 11.7. The van der Waals surface area contributed by atoms with Crippen molar-refractivity contribution in [2.75, 3.05) is 0 Å². The van der Waals surface area contributed by atoms with Crippen LogP contribution < -0.4 is 5.32 Å². The van der Waals surface area contributed by atoms with Crippen molar-refractivity contribution in [1.29, 1.82) is 0 Å². The highest BCUT2D eigenvalue weighted by Crippen LogP contribution is 2.04. The van der Waals surface area contributed by atoms with Crippen molar-refractivity contribution in [3.8, 4) is 0 Å². The van der Waals surface area contributed by atoms with E-state index in [1.165, 1.54) is 11.0 Å². The minimum absolute atomic E-state index is 0.116. The normalized spacial score (nSPS) is 10.9. The second kappa shape index (κ2) is 6.07. The van der Waals surface area contributed by atoms with Gasteiger partial charge in [-0.2, -0.15) is 0 Å². The van der Waals surface area contributed by atoms with E-state index >= 15 is 0 Å². The first-order valence-corrected chi connectivity index (χ1v) is 6.11. The van der Waals surface area contributed by atoms with Crippen molar-refractivity contribution in [2.45, 2.75) is 33.5 Å². The van der Waals surface area contributed by atoms with Crippen LogP contribution in [0.3, 0.4) is 0 Å². The molecule has 1 amide bonds. The minimum Gasteiger partial charge on any atom is -0.349 e. The molecule has 0 spiro atoms. The van der Waals surface area contributed by atoms with Crippen LogP contribution in [0.1, 0.15) is 19.5 Å². The van der Waals surface area contributed by atoms with E-state index in [-0.39, 0.29) is 12.5 Å². The van der Waals surface area contributed by atoms with Crippen LogP contribution in [-0.2, 0) is 24.4 Å². The summed E-state index contributed by atoms with van der Waals surface area (Å²) in [5, 5.41) is 13.4. The van der Waals surface area contributed by atoms with Crippen molar-refractivity contribution >= 4 is 5.91 Å². The lowest BCUT2D eigenvalue weighted by Crippen LogP contribution is -2.28. The predicted molar refractivity (Wildman–Crippen MR) is 66.7 cm³/mol. The van der Waals surface area contributed by atoms with E-state index in [9.17, 15) is 4.79 Å². The maximum absolute atomic E-state index is 11.7. The first kappa shape index (κ1) is 13.2. The molecule has 8 heteroatoms. The van der Waals surface area contributed by atoms with Gasteiger partial charge in [-0.1, -0.05) is 13.8 Å². The Balaban J connectivity index is 1.85. The average molecular weight is 263 g/mol. The fourth-order valence-corrected chi connectivity index (χ4v) is 1.70. The second-order valence-electron chi connectivity index (χ2n) is 4.72. The molecule has 0 saturated heterocycles. The van der Waals surface area contributed by atoms with Gasteiger partial charge in [-0.25, -0.2) is 9.67 Å². The number of tetrazole rings is 1. The Bertz CT molecular complexity index is 517. The molecule has 2 aromatic heterocycles. The summed E-state index contributed by atoms with van der Waals surface area (Å²) in [5.74, 6) is 0.398. The van der Waals surface area contributed by atoms with Crippen molar-refractivity contribution in [3.63, 3.8) is 0 Å². The average Bonchev–Trinajstić information content (AvgIpc) is 2.97. The van der Waals surface area contributed by atoms with Gasteiger partial charge >= 0.3 is 0 Å². The molecule has 102 valence electrons. The Hall–Kier alpha value is -2.25. The van der Waals surface area contributed by atoms with E-state index in [0.29, 0.717) is 12.5 Å². The third-order valence-electron chi connectivity index (χ3n) is 2.52. The van der Waals surface area contributed by atoms with Gasteiger partial charge in [0.2, 0.25) is 5.91 Å². The molecule has 0 aliphatic carbocycles. The molecule has 1 N–H and O–H groups in total. The summed E-state index contributed by atoms with van der Waals surface area (Å²) < 4.78 is 3.42. The molecule has 0 atom stereocenters. The van der Waals surface area contributed by atoms with Crippen LogP contribution in [0.4, 0.5) is 0 Å². The summed E-state index contributed by atoms with van der Waals surface area (Å²) in [6.45, 7) is 5.73. The molecule has 2 rings (SSSR count). The van der Waals surface area contributed by atoms with E-state index in [0.717, 1.165) is 12.2 Å². The quantitative estimate of drug-likeness (QED) is 0.782. The van der Waals surface area contributed by atoms with Crippen molar-refractivity contribution in [3.05, 3.63) is 24.5 Å². The number of amides is 1. The molecule has 0 saturated carbocycles. The van der Waals surface area contributed by atoms with Gasteiger partial charge in [0, 0.05) is 12.7 Å². The van der Waals surface area contributed by atoms with E-state index in [1.807, 2.05) is 4.57 Å². The molecule has 2 heterocycles. The Morgan fingerprint density at radius 1 is 1.42 bits per heavy atom. The van der Waals surface area contributed by atoms with E-state index in [1.54, 1.807) is 12.5 Å². The van der Waals surface area contributed by atoms with Crippen LogP contribution in [0.5, 0.6) is 0 Å². The molecule has 0 bridgehead atoms. The summed E-state index contributed by atoms with van der Waals surface area (Å²) >= 11 is 0. The van der Waals surface area contributed by atoms with Crippen LogP contribution in [-0.4, -0.2) is 35.7 Å². The number of hydrogen-bond acceptors (Lipinski definition) is 5. The highest BCUT2D eigenvalue weighted by molar-refractivity contribution is 5.75. The van der Waals surface area contributed by atoms with Gasteiger partial charge in [0.15, 0.2) is 0 Å². The van der Waals surface area contributed by atoms with Gasteiger partial charge < -0.3 is 9.88 Å². The summed E-state index contributed by atoms with van der Waals surface area (Å²) in [6.07, 6.45) is 4.95. The second-order valence-corrected chi connectivity index (χ2v) is 4.72. The molecule has 8 nitrogen and oxygen atoms in total. The highest BCUT2D eigenvalue weighted by Gasteiger charge is 2.07. The lowest BCUT2D eigenvalue weighted by atomic mass is 10.2.